The van der Waals surface area contributed by atoms with E-state index in [-0.39, 0.29) is 139 Å². The molecule has 4 aliphatic heterocycles. The number of hydrogen-bond acceptors (Lipinski definition) is 17. The first-order valence-electron chi connectivity index (χ1n) is 34.7. The highest BCUT2D eigenvalue weighted by Crippen LogP contribution is 2.42. The minimum atomic E-state index is -1.68. The molecule has 34 heteroatoms. The number of aliphatic hydroxyl groups is 2. The van der Waals surface area contributed by atoms with Gasteiger partial charge in [0.25, 0.3) is 0 Å². The Labute approximate surface area is 584 Å². The van der Waals surface area contributed by atoms with Gasteiger partial charge in [0.15, 0.2) is 17.9 Å². The second-order valence-corrected chi connectivity index (χ2v) is 27.7. The summed E-state index contributed by atoms with van der Waals surface area (Å²) in [5.74, 6) is -9.05. The predicted octanol–water partition coefficient (Wildman–Crippen LogP) is -3.29. The molecule has 1 aromatic heterocycles. The molecule has 6 aliphatic rings. The maximum atomic E-state index is 15.4. The fourth-order valence-corrected chi connectivity index (χ4v) is 15.4. The van der Waals surface area contributed by atoms with Crippen molar-refractivity contribution in [2.45, 2.75) is 208 Å². The SMILES string of the molecule is NC(N)=NCCC[C@H](NC(=O)[C@@H]1C[C@@H]2CCCC[C@@H]2N1C(=O)[C@H]1Cc2ccccc2CN1C(=O)[C@H](CO)NC(=O)[C@H](Cc1cccs1)NC(=O)CNC(=O)[C@@H]1C[C@@H](O)CN1C(=O)[C@@H]1CCCN1C(=O)[C@H](CCCN=C(N)N)NC(=O)[C@@H](CCCN=C(N)N)NC(=O)C1CCCCC1)C(=O)O. The number of thiophene rings is 1. The minimum Gasteiger partial charge on any atom is -0.480 e. The highest BCUT2D eigenvalue weighted by atomic mass is 32.1. The van der Waals surface area contributed by atoms with Crippen LogP contribution in [0.2, 0.25) is 0 Å². The molecule has 3 saturated heterocycles. The molecule has 1 aromatic carbocycles. The molecule has 2 aliphatic carbocycles. The Kier molecular flexibility index (Phi) is 28.2. The van der Waals surface area contributed by atoms with E-state index in [1.807, 2.05) is 6.07 Å². The number of rotatable bonds is 32. The largest absolute Gasteiger partial charge is 0.480 e. The minimum absolute atomic E-state index is 0.00372. The van der Waals surface area contributed by atoms with Crippen LogP contribution in [0.4, 0.5) is 0 Å². The number of benzene rings is 1. The number of aliphatic hydroxyl groups excluding tert-OH is 2. The van der Waals surface area contributed by atoms with Crippen molar-refractivity contribution >= 4 is 94.3 Å². The van der Waals surface area contributed by atoms with Gasteiger partial charge in [0.2, 0.25) is 59.1 Å². The summed E-state index contributed by atoms with van der Waals surface area (Å²) < 4.78 is 0. The number of carboxylic acids is 1. The zero-order valence-corrected chi connectivity index (χ0v) is 57.2. The molecule has 0 radical (unpaired) electrons. The van der Waals surface area contributed by atoms with Gasteiger partial charge in [-0.15, -0.1) is 11.3 Å². The number of likely N-dealkylation sites (tertiary alicyclic amines) is 3. The Morgan fingerprint density at radius 3 is 1.80 bits per heavy atom. The fraction of sp³-hybridized carbons (Fsp3) is 0.636. The summed E-state index contributed by atoms with van der Waals surface area (Å²) in [4.78, 5) is 175. The molecule has 0 unspecified atom stereocenters. The zero-order valence-electron chi connectivity index (χ0n) is 56.4. The lowest BCUT2D eigenvalue weighted by atomic mass is 9.84. The standard InChI is InChI=1S/C66H99N19O14S/c67-64(68)73-24-8-19-43(78-54(89)37-13-2-1-3-14-37)55(90)79-44(20-9-25-74-65(69)70)59(94)82-27-11-23-49(82)61(96)84-35-41(87)31-50(84)57(92)76-33-53(88)77-46(32-42-18-12-28-100-42)56(91)81-47(36-86)60(95)83-34-40-17-5-4-15-38(40)29-52(83)62(97)85-48-22-7-6-16-39(48)30-51(85)58(93)80-45(63(98)99)21-10-26-75-66(71)72/h4-5,12,15,17-18,28,37,39,41,43-52,86-87H,1-3,6-11,13-14,16,19-27,29-36H2,(H,76,92)(H,77,88)(H,78,89)(H,79,90)(H,80,93)(H,81,91)(H,98,99)(H4,67,68,73)(H4,69,70,74)(H4,71,72,75)/t39-,41+,43+,44-,45-,46-,47-,48-,49-,50-,51-,52+/m0/s1. The van der Waals surface area contributed by atoms with E-state index in [1.165, 1.54) is 26.0 Å². The van der Waals surface area contributed by atoms with E-state index >= 15 is 9.59 Å². The molecule has 8 rings (SSSR count). The number of β-amino-alcohol motifs (C(OH)–C–C–N with tert-alkyl or cyclic N) is 1. The summed E-state index contributed by atoms with van der Waals surface area (Å²) in [5, 5.41) is 50.0. The number of aliphatic imine (C=N–C) groups is 3. The van der Waals surface area contributed by atoms with Crippen LogP contribution in [0.15, 0.2) is 56.8 Å². The molecule has 21 N–H and O–H groups in total. The van der Waals surface area contributed by atoms with Crippen LogP contribution in [0, 0.1) is 11.8 Å². The van der Waals surface area contributed by atoms with Crippen LogP contribution < -0.4 is 66.3 Å². The first kappa shape index (κ1) is 76.6. The maximum Gasteiger partial charge on any atom is 0.326 e. The van der Waals surface area contributed by atoms with Crippen molar-refractivity contribution in [2.75, 3.05) is 45.9 Å². The fourth-order valence-electron chi connectivity index (χ4n) is 14.7. The number of aliphatic carboxylic acids is 1. The van der Waals surface area contributed by atoms with Crippen LogP contribution in [0.1, 0.15) is 138 Å². The van der Waals surface area contributed by atoms with Gasteiger partial charge < -0.3 is 101 Å². The number of carboxylic acid groups (broad SMARTS) is 1. The van der Waals surface area contributed by atoms with Gasteiger partial charge in [0.05, 0.1) is 19.3 Å². The summed E-state index contributed by atoms with van der Waals surface area (Å²) in [6, 6.07) is -1.31. The van der Waals surface area contributed by atoms with Crippen LogP contribution in [0.25, 0.3) is 0 Å². The van der Waals surface area contributed by atoms with Crippen molar-refractivity contribution in [1.29, 1.82) is 0 Å². The van der Waals surface area contributed by atoms with E-state index in [9.17, 15) is 58.5 Å². The van der Waals surface area contributed by atoms with Crippen molar-refractivity contribution < 1.29 is 68.1 Å². The van der Waals surface area contributed by atoms with Crippen molar-refractivity contribution in [3.05, 3.63) is 57.8 Å². The van der Waals surface area contributed by atoms with Gasteiger partial charge in [-0.05, 0) is 112 Å². The second kappa shape index (κ2) is 36.8. The number of nitrogens with zero attached hydrogens (tertiary/aromatic N) is 7. The summed E-state index contributed by atoms with van der Waals surface area (Å²) in [6.07, 6.45) is 7.16. The van der Waals surface area contributed by atoms with Gasteiger partial charge in [-0.3, -0.25) is 62.9 Å². The number of fused-ring (bicyclic) bond motifs is 2. The number of carbonyl (C=O) groups is 11. The first-order chi connectivity index (χ1) is 47.9. The van der Waals surface area contributed by atoms with Crippen LogP contribution in [0.5, 0.6) is 0 Å². The van der Waals surface area contributed by atoms with Gasteiger partial charge >= 0.3 is 5.97 Å². The maximum absolute atomic E-state index is 15.4. The van der Waals surface area contributed by atoms with Gasteiger partial charge in [-0.1, -0.05) is 62.4 Å². The molecule has 0 spiro atoms. The zero-order chi connectivity index (χ0) is 72.2. The predicted molar refractivity (Wildman–Crippen MR) is 368 cm³/mol. The van der Waals surface area contributed by atoms with E-state index < -0.39 is 139 Å². The first-order valence-corrected chi connectivity index (χ1v) is 35.6. The van der Waals surface area contributed by atoms with Crippen LogP contribution in [-0.4, -0.2) is 230 Å². The highest BCUT2D eigenvalue weighted by molar-refractivity contribution is 7.09. The lowest BCUT2D eigenvalue weighted by Crippen LogP contribution is -2.63. The topological polar surface area (TPSA) is 527 Å². The van der Waals surface area contributed by atoms with Gasteiger partial charge in [-0.25, -0.2) is 4.79 Å². The lowest BCUT2D eigenvalue weighted by molar-refractivity contribution is -0.153. The number of hydrogen-bond donors (Lipinski definition) is 15. The van der Waals surface area contributed by atoms with Crippen molar-refractivity contribution in [2.24, 2.45) is 61.2 Å². The Bertz CT molecular complexity index is 3320. The molecule has 0 bridgehead atoms. The van der Waals surface area contributed by atoms with Gasteiger partial charge in [-0.2, -0.15) is 0 Å². The molecule has 2 aromatic rings. The van der Waals surface area contributed by atoms with E-state index in [0.717, 1.165) is 42.6 Å². The summed E-state index contributed by atoms with van der Waals surface area (Å²) in [6.45, 7) is -1.63. The van der Waals surface area contributed by atoms with Crippen LogP contribution in [-0.2, 0) is 72.1 Å². The average Bonchev–Trinajstić information content (AvgIpc) is 1.24. The molecule has 5 heterocycles. The number of guanidine groups is 3. The van der Waals surface area contributed by atoms with E-state index in [2.05, 4.69) is 46.9 Å². The summed E-state index contributed by atoms with van der Waals surface area (Å²) >= 11 is 1.27. The Hall–Kier alpha value is -9.18. The Morgan fingerprint density at radius 1 is 0.560 bits per heavy atom. The van der Waals surface area contributed by atoms with E-state index in [1.54, 1.807) is 35.7 Å². The van der Waals surface area contributed by atoms with E-state index in [0.29, 0.717) is 49.0 Å². The molecule has 5 fully saturated rings. The molecule has 100 heavy (non-hydrogen) atoms. The molecule has 10 amide bonds. The van der Waals surface area contributed by atoms with Gasteiger partial charge in [0.1, 0.15) is 54.4 Å². The normalized spacial score (nSPS) is 22.6. The van der Waals surface area contributed by atoms with Crippen LogP contribution in [0.3, 0.4) is 0 Å². The van der Waals surface area contributed by atoms with Crippen molar-refractivity contribution in [3.8, 4) is 0 Å². The molecule has 548 valence electrons. The smallest absolute Gasteiger partial charge is 0.326 e. The van der Waals surface area contributed by atoms with Crippen LogP contribution >= 0.6 is 11.3 Å². The van der Waals surface area contributed by atoms with Gasteiger partial charge in [0, 0.05) is 75.4 Å². The third kappa shape index (κ3) is 20.7. The second-order valence-electron chi connectivity index (χ2n) is 26.7. The van der Waals surface area contributed by atoms with Crippen molar-refractivity contribution in [3.63, 3.8) is 0 Å². The third-order valence-electron chi connectivity index (χ3n) is 19.7. The number of nitrogens with one attached hydrogen (secondary N) is 6. The summed E-state index contributed by atoms with van der Waals surface area (Å²) in [7, 11) is 0. The third-order valence-corrected chi connectivity index (χ3v) is 20.6. The molecule has 2 saturated carbocycles. The number of carbonyl (C=O) groups excluding carboxylic acids is 10. The van der Waals surface area contributed by atoms with Crippen molar-refractivity contribution in [1.82, 2.24) is 51.5 Å². The molecular formula is C66H99N19O14S. The van der Waals surface area contributed by atoms with E-state index in [4.69, 9.17) is 34.4 Å². The molecule has 12 atom stereocenters. The lowest BCUT2D eigenvalue weighted by Gasteiger charge is -2.42. The summed E-state index contributed by atoms with van der Waals surface area (Å²) in [5.41, 5.74) is 34.6. The quantitative estimate of drug-likeness (QED) is 0.0194. The number of amides is 10. The monoisotopic (exact) mass is 1410 g/mol. The Balaban J connectivity index is 0.933. The molecular weight excluding hydrogens is 1310 g/mol. The number of nitrogens with two attached hydrogens (primary N) is 6. The Morgan fingerprint density at radius 2 is 1.16 bits per heavy atom. The molecule has 33 nitrogen and oxygen atoms in total. The highest BCUT2D eigenvalue weighted by Gasteiger charge is 2.52. The average molecular weight is 1410 g/mol.